The molecule has 4 nitrogen and oxygen atoms in total. The number of hydrogen-bond acceptors (Lipinski definition) is 3. The van der Waals surface area contributed by atoms with Gasteiger partial charge in [-0.25, -0.2) is 0 Å². The second kappa shape index (κ2) is 31.2. The maximum absolute atomic E-state index is 12.5. The number of rotatable bonds is 28. The van der Waals surface area contributed by atoms with Gasteiger partial charge in [0.05, 0.1) is 0 Å². The second-order valence-corrected chi connectivity index (χ2v) is 10.6. The zero-order valence-corrected chi connectivity index (χ0v) is 25.9. The monoisotopic (exact) mass is 556 g/mol. The van der Waals surface area contributed by atoms with Gasteiger partial charge in [0.25, 0.3) is 0 Å². The van der Waals surface area contributed by atoms with Crippen LogP contribution in [0, 0.1) is 0 Å². The molecule has 0 rings (SSSR count). The molecule has 1 unspecified atom stereocenters. The lowest BCUT2D eigenvalue weighted by Gasteiger charge is -2.15. The molecule has 4 heteroatoms. The molecule has 1 atom stereocenters. The molecule has 0 aromatic carbocycles. The van der Waals surface area contributed by atoms with Crippen molar-refractivity contribution in [3.63, 3.8) is 0 Å². The highest BCUT2D eigenvalue weighted by molar-refractivity contribution is 5.69. The van der Waals surface area contributed by atoms with Crippen LogP contribution in [0.3, 0.4) is 0 Å². The average molecular weight is 557 g/mol. The molecule has 0 amide bonds. The minimum atomic E-state index is -0.729. The number of carboxylic acid groups (broad SMARTS) is 1. The van der Waals surface area contributed by atoms with Crippen LogP contribution in [-0.4, -0.2) is 23.1 Å². The predicted octanol–water partition coefficient (Wildman–Crippen LogP) is 11.0. The Hall–Kier alpha value is -2.36. The number of allylic oxidation sites excluding steroid dienone is 9. The summed E-state index contributed by atoms with van der Waals surface area (Å²) in [5, 5.41) is 8.77. The molecule has 0 saturated carbocycles. The van der Waals surface area contributed by atoms with E-state index in [0.29, 0.717) is 6.42 Å². The first-order valence-electron chi connectivity index (χ1n) is 16.3. The third kappa shape index (κ3) is 30.2. The zero-order valence-electron chi connectivity index (χ0n) is 25.9. The Labute approximate surface area is 246 Å². The molecule has 0 aliphatic rings. The fourth-order valence-corrected chi connectivity index (χ4v) is 4.32. The molecule has 1 N–H and O–H groups in total. The van der Waals surface area contributed by atoms with Crippen molar-refractivity contribution in [1.29, 1.82) is 0 Å². The van der Waals surface area contributed by atoms with Crippen LogP contribution in [-0.2, 0) is 14.3 Å². The molecule has 0 spiro atoms. The van der Waals surface area contributed by atoms with E-state index in [1.807, 2.05) is 0 Å². The molecule has 0 fully saturated rings. The fourth-order valence-electron chi connectivity index (χ4n) is 4.32. The third-order valence-corrected chi connectivity index (χ3v) is 6.71. The Morgan fingerprint density at radius 2 is 1.12 bits per heavy atom. The number of esters is 1. The van der Waals surface area contributed by atoms with Crippen molar-refractivity contribution in [1.82, 2.24) is 0 Å². The van der Waals surface area contributed by atoms with Crippen LogP contribution in [0.2, 0.25) is 0 Å². The van der Waals surface area contributed by atoms with Gasteiger partial charge in [0.15, 0.2) is 0 Å². The molecule has 0 aromatic heterocycles. The van der Waals surface area contributed by atoms with Crippen molar-refractivity contribution in [2.45, 2.75) is 155 Å². The molecule has 40 heavy (non-hydrogen) atoms. The van der Waals surface area contributed by atoms with Crippen molar-refractivity contribution in [2.75, 3.05) is 0 Å². The highest BCUT2D eigenvalue weighted by atomic mass is 16.5. The number of hydrogen-bond donors (Lipinski definition) is 1. The Bertz CT molecular complexity index is 729. The molecule has 0 heterocycles. The third-order valence-electron chi connectivity index (χ3n) is 6.71. The van der Waals surface area contributed by atoms with Crippen LogP contribution in [0.15, 0.2) is 60.8 Å². The van der Waals surface area contributed by atoms with Gasteiger partial charge >= 0.3 is 11.9 Å². The number of carbonyl (C=O) groups excluding carboxylic acids is 1. The molecular formula is C36H60O4. The summed E-state index contributed by atoms with van der Waals surface area (Å²) in [6.07, 6.45) is 42.4. The maximum Gasteiger partial charge on any atom is 0.306 e. The molecule has 0 aromatic rings. The number of carboxylic acids is 1. The second-order valence-electron chi connectivity index (χ2n) is 10.6. The highest BCUT2D eigenvalue weighted by Crippen LogP contribution is 2.14. The summed E-state index contributed by atoms with van der Waals surface area (Å²) in [5.74, 6) is -0.821. The van der Waals surface area contributed by atoms with Gasteiger partial charge in [-0.2, -0.15) is 0 Å². The van der Waals surface area contributed by atoms with Gasteiger partial charge in [-0.15, -0.1) is 0 Å². The maximum atomic E-state index is 12.5. The summed E-state index contributed by atoms with van der Waals surface area (Å²) in [6, 6.07) is 0. The van der Waals surface area contributed by atoms with Crippen LogP contribution in [0.1, 0.15) is 149 Å². The fraction of sp³-hybridized carbons (Fsp3) is 0.667. The number of aliphatic carboxylic acids is 1. The number of unbranched alkanes of at least 4 members (excludes halogenated alkanes) is 11. The molecule has 0 aliphatic carbocycles. The largest absolute Gasteiger partial charge is 0.481 e. The van der Waals surface area contributed by atoms with Crippen LogP contribution in [0.25, 0.3) is 0 Å². The van der Waals surface area contributed by atoms with Crippen LogP contribution < -0.4 is 0 Å². The van der Waals surface area contributed by atoms with E-state index in [0.717, 1.165) is 96.3 Å². The van der Waals surface area contributed by atoms with E-state index >= 15 is 0 Å². The van der Waals surface area contributed by atoms with E-state index in [1.54, 1.807) is 0 Å². The van der Waals surface area contributed by atoms with E-state index < -0.39 is 5.97 Å². The van der Waals surface area contributed by atoms with Crippen molar-refractivity contribution < 1.29 is 19.4 Å². The first-order chi connectivity index (χ1) is 19.6. The summed E-state index contributed by atoms with van der Waals surface area (Å²) in [7, 11) is 0. The van der Waals surface area contributed by atoms with Crippen LogP contribution in [0.4, 0.5) is 0 Å². The van der Waals surface area contributed by atoms with E-state index in [4.69, 9.17) is 9.84 Å². The predicted molar refractivity (Wildman–Crippen MR) is 172 cm³/mol. The van der Waals surface area contributed by atoms with Crippen LogP contribution >= 0.6 is 0 Å². The molecule has 0 saturated heterocycles. The summed E-state index contributed by atoms with van der Waals surface area (Å²) in [6.45, 7) is 4.37. The van der Waals surface area contributed by atoms with Crippen molar-refractivity contribution in [2.24, 2.45) is 0 Å². The Balaban J connectivity index is 4.03. The molecular weight excluding hydrogens is 496 g/mol. The lowest BCUT2D eigenvalue weighted by Crippen LogP contribution is -2.16. The van der Waals surface area contributed by atoms with Gasteiger partial charge in [-0.1, -0.05) is 113 Å². The van der Waals surface area contributed by atoms with Gasteiger partial charge in [0.1, 0.15) is 6.10 Å². The zero-order chi connectivity index (χ0) is 29.4. The molecule has 0 aliphatic heterocycles. The first kappa shape index (κ1) is 37.6. The average Bonchev–Trinajstić information content (AvgIpc) is 2.93. The standard InChI is InChI=1S/C36H60O4/c1-3-5-7-9-11-12-13-14-15-16-17-18-19-20-21-23-29-33-36(39)40-34(30-26-22-10-8-6-4-2)31-27-24-25-28-32-35(37)38/h5,7,11-12,14-15,17-18,26,30,34H,3-4,6,8-10,13,16,19-25,27-29,31-33H2,1-2H3,(H,37,38)/b7-5-,12-11-,15-14-,18-17-,30-26-. The lowest BCUT2D eigenvalue weighted by molar-refractivity contribution is -0.147. The lowest BCUT2D eigenvalue weighted by atomic mass is 10.1. The van der Waals surface area contributed by atoms with E-state index in [2.05, 4.69) is 74.6 Å². The van der Waals surface area contributed by atoms with Crippen LogP contribution in [0.5, 0.6) is 0 Å². The Morgan fingerprint density at radius 3 is 1.75 bits per heavy atom. The highest BCUT2D eigenvalue weighted by Gasteiger charge is 2.11. The SMILES string of the molecule is CC/C=C\C/C=C\C/C=C\C/C=C\CCCCCCC(=O)OC(/C=C\CCCCCC)CCCCCCC(=O)O. The van der Waals surface area contributed by atoms with Crippen molar-refractivity contribution in [3.8, 4) is 0 Å². The molecule has 228 valence electrons. The van der Waals surface area contributed by atoms with Gasteiger partial charge in [-0.05, 0) is 83.1 Å². The summed E-state index contributed by atoms with van der Waals surface area (Å²) in [4.78, 5) is 23.1. The van der Waals surface area contributed by atoms with Gasteiger partial charge in [-0.3, -0.25) is 9.59 Å². The van der Waals surface area contributed by atoms with Crippen molar-refractivity contribution in [3.05, 3.63) is 60.8 Å². The molecule has 0 radical (unpaired) electrons. The topological polar surface area (TPSA) is 63.6 Å². The van der Waals surface area contributed by atoms with E-state index in [1.165, 1.54) is 25.7 Å². The minimum absolute atomic E-state index is 0.0922. The van der Waals surface area contributed by atoms with Gasteiger partial charge in [0.2, 0.25) is 0 Å². The molecule has 0 bridgehead atoms. The smallest absolute Gasteiger partial charge is 0.306 e. The summed E-state index contributed by atoms with van der Waals surface area (Å²) >= 11 is 0. The number of carbonyl (C=O) groups is 2. The quantitative estimate of drug-likeness (QED) is 0.0591. The normalized spacial score (nSPS) is 13.1. The number of ether oxygens (including phenoxy) is 1. The first-order valence-corrected chi connectivity index (χ1v) is 16.3. The summed E-state index contributed by atoms with van der Waals surface area (Å²) < 4.78 is 5.81. The van der Waals surface area contributed by atoms with E-state index in [9.17, 15) is 9.59 Å². The summed E-state index contributed by atoms with van der Waals surface area (Å²) in [5.41, 5.74) is 0. The van der Waals surface area contributed by atoms with Gasteiger partial charge in [0, 0.05) is 12.8 Å². The minimum Gasteiger partial charge on any atom is -0.481 e. The Morgan fingerprint density at radius 1 is 0.600 bits per heavy atom. The van der Waals surface area contributed by atoms with Gasteiger partial charge < -0.3 is 9.84 Å². The van der Waals surface area contributed by atoms with Crippen molar-refractivity contribution >= 4 is 11.9 Å². The van der Waals surface area contributed by atoms with E-state index in [-0.39, 0.29) is 18.5 Å². The Kier molecular flexibility index (Phi) is 29.3.